The first-order valence-corrected chi connectivity index (χ1v) is 9.03. The van der Waals surface area contributed by atoms with Gasteiger partial charge in [0.2, 0.25) is 0 Å². The summed E-state index contributed by atoms with van der Waals surface area (Å²) in [6, 6.07) is 11.4. The second-order valence-corrected chi connectivity index (χ2v) is 6.46. The molecule has 1 aliphatic rings. The van der Waals surface area contributed by atoms with Gasteiger partial charge in [-0.15, -0.1) is 0 Å². The summed E-state index contributed by atoms with van der Waals surface area (Å²) in [6.45, 7) is 6.37. The van der Waals surface area contributed by atoms with E-state index in [0.29, 0.717) is 12.4 Å². The monoisotopic (exact) mass is 368 g/mol. The molecule has 0 aliphatic carbocycles. The molecule has 0 unspecified atom stereocenters. The minimum atomic E-state index is -0.336. The van der Waals surface area contributed by atoms with Gasteiger partial charge in [-0.25, -0.2) is 5.43 Å². The molecule has 3 rings (SSSR count). The molecule has 6 nitrogen and oxygen atoms in total. The first-order valence-electron chi connectivity index (χ1n) is 9.03. The third kappa shape index (κ3) is 5.00. The van der Waals surface area contributed by atoms with E-state index in [1.54, 1.807) is 6.21 Å². The number of carbonyl (C=O) groups is 1. The lowest BCUT2D eigenvalue weighted by Gasteiger charge is -2.09. The first kappa shape index (κ1) is 18.8. The minimum Gasteiger partial charge on any atom is -0.493 e. The van der Waals surface area contributed by atoms with Crippen molar-refractivity contribution in [3.8, 4) is 17.2 Å². The normalized spacial score (nSPS) is 15.3. The molecule has 142 valence electrons. The van der Waals surface area contributed by atoms with Crippen LogP contribution >= 0.6 is 0 Å². The molecule has 1 atom stereocenters. The fourth-order valence-corrected chi connectivity index (χ4v) is 2.90. The van der Waals surface area contributed by atoms with Gasteiger partial charge in [-0.05, 0) is 50.6 Å². The number of benzene rings is 2. The molecule has 6 heteroatoms. The fraction of sp³-hybridized carbons (Fsp3) is 0.333. The second-order valence-electron chi connectivity index (χ2n) is 6.46. The summed E-state index contributed by atoms with van der Waals surface area (Å²) in [7, 11) is 0. The molecule has 0 spiro atoms. The Hall–Kier alpha value is -3.02. The summed E-state index contributed by atoms with van der Waals surface area (Å²) in [5.41, 5.74) is 5.42. The average Bonchev–Trinajstić information content (AvgIpc) is 2.99. The van der Waals surface area contributed by atoms with Crippen LogP contribution in [0.4, 0.5) is 0 Å². The highest BCUT2D eigenvalue weighted by Gasteiger charge is 2.21. The van der Waals surface area contributed by atoms with Gasteiger partial charge in [0.15, 0.2) is 6.61 Å². The van der Waals surface area contributed by atoms with E-state index < -0.39 is 0 Å². The number of hydrogen-bond acceptors (Lipinski definition) is 5. The predicted molar refractivity (Wildman–Crippen MR) is 104 cm³/mol. The van der Waals surface area contributed by atoms with Crippen molar-refractivity contribution in [2.24, 2.45) is 5.10 Å². The largest absolute Gasteiger partial charge is 0.493 e. The zero-order chi connectivity index (χ0) is 19.2. The lowest BCUT2D eigenvalue weighted by atomic mass is 10.1. The smallest absolute Gasteiger partial charge is 0.277 e. The third-order valence-corrected chi connectivity index (χ3v) is 4.08. The molecule has 0 radical (unpaired) electrons. The van der Waals surface area contributed by atoms with Crippen LogP contribution in [0.5, 0.6) is 17.2 Å². The van der Waals surface area contributed by atoms with Crippen molar-refractivity contribution in [3.63, 3.8) is 0 Å². The Morgan fingerprint density at radius 2 is 2.19 bits per heavy atom. The van der Waals surface area contributed by atoms with Gasteiger partial charge in [-0.1, -0.05) is 12.1 Å². The second kappa shape index (κ2) is 8.58. The molecular formula is C21H24N2O4. The maximum atomic E-state index is 11.9. The summed E-state index contributed by atoms with van der Waals surface area (Å²) >= 11 is 0. The Balaban J connectivity index is 1.60. The van der Waals surface area contributed by atoms with Crippen LogP contribution in [0.15, 0.2) is 41.5 Å². The number of hydrogen-bond donors (Lipinski definition) is 1. The highest BCUT2D eigenvalue weighted by molar-refractivity contribution is 5.86. The Labute approximate surface area is 159 Å². The van der Waals surface area contributed by atoms with Gasteiger partial charge in [0.25, 0.3) is 5.91 Å². The van der Waals surface area contributed by atoms with Crippen molar-refractivity contribution in [2.75, 3.05) is 13.2 Å². The van der Waals surface area contributed by atoms with E-state index in [0.717, 1.165) is 34.6 Å². The van der Waals surface area contributed by atoms with Crippen LogP contribution in [0.25, 0.3) is 0 Å². The lowest BCUT2D eigenvalue weighted by molar-refractivity contribution is -0.123. The van der Waals surface area contributed by atoms with E-state index >= 15 is 0 Å². The lowest BCUT2D eigenvalue weighted by Crippen LogP contribution is -2.24. The minimum absolute atomic E-state index is 0.107. The van der Waals surface area contributed by atoms with E-state index in [-0.39, 0.29) is 18.6 Å². The topological polar surface area (TPSA) is 69.2 Å². The molecular weight excluding hydrogens is 344 g/mol. The molecule has 0 aromatic heterocycles. The van der Waals surface area contributed by atoms with Crippen molar-refractivity contribution in [1.82, 2.24) is 5.43 Å². The molecule has 0 fully saturated rings. The van der Waals surface area contributed by atoms with Gasteiger partial charge in [-0.2, -0.15) is 5.10 Å². The molecule has 0 saturated heterocycles. The van der Waals surface area contributed by atoms with E-state index in [2.05, 4.69) is 10.5 Å². The fourth-order valence-electron chi connectivity index (χ4n) is 2.90. The summed E-state index contributed by atoms with van der Waals surface area (Å²) in [6.07, 6.45) is 2.57. The van der Waals surface area contributed by atoms with Crippen LogP contribution in [0.1, 0.15) is 30.5 Å². The quantitative estimate of drug-likeness (QED) is 0.602. The van der Waals surface area contributed by atoms with E-state index in [1.165, 1.54) is 0 Å². The summed E-state index contributed by atoms with van der Waals surface area (Å²) in [5, 5.41) is 4.02. The molecule has 1 heterocycles. The van der Waals surface area contributed by atoms with Gasteiger partial charge >= 0.3 is 0 Å². The Bertz CT molecular complexity index is 848. The highest BCUT2D eigenvalue weighted by Crippen LogP contribution is 2.34. The van der Waals surface area contributed by atoms with Crippen LogP contribution in [0.3, 0.4) is 0 Å². The number of hydrazone groups is 1. The molecule has 1 amide bonds. The van der Waals surface area contributed by atoms with E-state index in [1.807, 2.05) is 57.2 Å². The molecule has 2 aromatic rings. The first-order chi connectivity index (χ1) is 13.0. The van der Waals surface area contributed by atoms with Gasteiger partial charge in [0, 0.05) is 17.5 Å². The van der Waals surface area contributed by atoms with Gasteiger partial charge < -0.3 is 14.2 Å². The Morgan fingerprint density at radius 1 is 1.33 bits per heavy atom. The number of amides is 1. The number of nitrogens with zero attached hydrogens (tertiary/aromatic N) is 1. The van der Waals surface area contributed by atoms with Crippen LogP contribution < -0.4 is 19.6 Å². The van der Waals surface area contributed by atoms with Crippen LogP contribution in [-0.2, 0) is 11.2 Å². The zero-order valence-electron chi connectivity index (χ0n) is 15.8. The van der Waals surface area contributed by atoms with Crippen molar-refractivity contribution >= 4 is 12.1 Å². The molecule has 1 N–H and O–H groups in total. The number of nitrogens with one attached hydrogen (secondary N) is 1. The van der Waals surface area contributed by atoms with E-state index in [4.69, 9.17) is 14.2 Å². The van der Waals surface area contributed by atoms with Crippen molar-refractivity contribution < 1.29 is 19.0 Å². The molecule has 0 bridgehead atoms. The average molecular weight is 368 g/mol. The molecule has 2 aromatic carbocycles. The van der Waals surface area contributed by atoms with Crippen LogP contribution in [-0.4, -0.2) is 31.4 Å². The molecule has 1 aliphatic heterocycles. The summed E-state index contributed by atoms with van der Waals surface area (Å²) in [4.78, 5) is 11.9. The van der Waals surface area contributed by atoms with Crippen LogP contribution in [0.2, 0.25) is 0 Å². The molecule has 27 heavy (non-hydrogen) atoms. The maximum absolute atomic E-state index is 11.9. The highest BCUT2D eigenvalue weighted by atomic mass is 16.5. The number of fused-ring (bicyclic) bond motifs is 1. The summed E-state index contributed by atoms with van der Waals surface area (Å²) in [5.74, 6) is 1.87. The van der Waals surface area contributed by atoms with E-state index in [9.17, 15) is 4.79 Å². The zero-order valence-corrected chi connectivity index (χ0v) is 15.8. The van der Waals surface area contributed by atoms with Crippen molar-refractivity contribution in [1.29, 1.82) is 0 Å². The number of ether oxygens (including phenoxy) is 3. The predicted octanol–water partition coefficient (Wildman–Crippen LogP) is 3.25. The number of rotatable bonds is 7. The standard InChI is InChI=1S/C21H24N2O4/c1-4-25-19-10-16-9-15(3)27-20(16)11-17(19)12-22-23-21(24)13-26-18-7-5-6-14(2)8-18/h5-8,10-12,15H,4,9,13H2,1-3H3,(H,23,24)/b22-12-/t15-/m0/s1. The maximum Gasteiger partial charge on any atom is 0.277 e. The van der Waals surface area contributed by atoms with Crippen molar-refractivity contribution in [3.05, 3.63) is 53.1 Å². The SMILES string of the molecule is CCOc1cc2c(cc1/C=N\NC(=O)COc1cccc(C)c1)O[C@@H](C)C2. The Morgan fingerprint density at radius 3 is 2.96 bits per heavy atom. The third-order valence-electron chi connectivity index (χ3n) is 4.08. The number of carbonyl (C=O) groups excluding carboxylic acids is 1. The number of aryl methyl sites for hydroxylation is 1. The summed E-state index contributed by atoms with van der Waals surface area (Å²) < 4.78 is 16.9. The van der Waals surface area contributed by atoms with Crippen LogP contribution in [0, 0.1) is 6.92 Å². The van der Waals surface area contributed by atoms with Crippen molar-refractivity contribution in [2.45, 2.75) is 33.3 Å². The van der Waals surface area contributed by atoms with Gasteiger partial charge in [0.1, 0.15) is 23.4 Å². The Kier molecular flexibility index (Phi) is 5.96. The molecule has 0 saturated carbocycles. The van der Waals surface area contributed by atoms with Gasteiger partial charge in [-0.3, -0.25) is 4.79 Å². The van der Waals surface area contributed by atoms with Gasteiger partial charge in [0.05, 0.1) is 12.8 Å².